The number of hydrogen-bond donors (Lipinski definition) is 2. The van der Waals surface area contributed by atoms with Gasteiger partial charge in [0, 0.05) is 30.6 Å². The van der Waals surface area contributed by atoms with Crippen LogP contribution in [0.2, 0.25) is 0 Å². The van der Waals surface area contributed by atoms with Gasteiger partial charge in [-0.15, -0.1) is 11.8 Å². The zero-order valence-corrected chi connectivity index (χ0v) is 14.8. The highest BCUT2D eigenvalue weighted by Crippen LogP contribution is 2.27. The molecule has 1 fully saturated rings. The molecule has 23 heavy (non-hydrogen) atoms. The van der Waals surface area contributed by atoms with Crippen LogP contribution >= 0.6 is 11.8 Å². The van der Waals surface area contributed by atoms with Crippen LogP contribution in [0.5, 0.6) is 0 Å². The summed E-state index contributed by atoms with van der Waals surface area (Å²) in [5.41, 5.74) is 0.773. The lowest BCUT2D eigenvalue weighted by Gasteiger charge is -2.21. The van der Waals surface area contributed by atoms with E-state index in [2.05, 4.69) is 10.6 Å². The molecule has 0 spiro atoms. The lowest BCUT2D eigenvalue weighted by atomic mass is 10.1. The van der Waals surface area contributed by atoms with Crippen molar-refractivity contribution < 1.29 is 9.59 Å². The van der Waals surface area contributed by atoms with Crippen LogP contribution in [0.15, 0.2) is 29.2 Å². The van der Waals surface area contributed by atoms with Gasteiger partial charge < -0.3 is 15.5 Å². The summed E-state index contributed by atoms with van der Waals surface area (Å²) >= 11 is 1.56. The summed E-state index contributed by atoms with van der Waals surface area (Å²) in [6, 6.07) is 7.60. The molecule has 0 aliphatic carbocycles. The van der Waals surface area contributed by atoms with E-state index in [0.717, 1.165) is 36.6 Å². The van der Waals surface area contributed by atoms with Crippen LogP contribution in [0.1, 0.15) is 20.3 Å². The van der Waals surface area contributed by atoms with Gasteiger partial charge in [0.25, 0.3) is 0 Å². The molecule has 2 rings (SSSR count). The molecule has 126 valence electrons. The van der Waals surface area contributed by atoms with Crippen molar-refractivity contribution in [1.82, 2.24) is 10.2 Å². The fourth-order valence-corrected chi connectivity index (χ4v) is 3.77. The van der Waals surface area contributed by atoms with Crippen LogP contribution in [0.3, 0.4) is 0 Å². The van der Waals surface area contributed by atoms with E-state index in [-0.39, 0.29) is 17.1 Å². The highest BCUT2D eigenvalue weighted by atomic mass is 32.2. The molecule has 0 radical (unpaired) electrons. The van der Waals surface area contributed by atoms with Crippen molar-refractivity contribution >= 4 is 29.3 Å². The van der Waals surface area contributed by atoms with Gasteiger partial charge in [-0.3, -0.25) is 9.59 Å². The zero-order chi connectivity index (χ0) is 16.8. The number of anilines is 1. The predicted octanol–water partition coefficient (Wildman–Crippen LogP) is 2.19. The Kier molecular flexibility index (Phi) is 6.47. The minimum absolute atomic E-state index is 0.0842. The van der Waals surface area contributed by atoms with Crippen LogP contribution < -0.4 is 10.6 Å². The van der Waals surface area contributed by atoms with Crippen molar-refractivity contribution in [2.24, 2.45) is 5.92 Å². The van der Waals surface area contributed by atoms with Gasteiger partial charge in [0.1, 0.15) is 0 Å². The number of benzene rings is 1. The monoisotopic (exact) mass is 335 g/mol. The van der Waals surface area contributed by atoms with E-state index < -0.39 is 0 Å². The Morgan fingerprint density at radius 3 is 2.65 bits per heavy atom. The lowest BCUT2D eigenvalue weighted by Crippen LogP contribution is -2.35. The number of likely N-dealkylation sites (tertiary alicyclic amines) is 1. The fourth-order valence-electron chi connectivity index (χ4n) is 2.82. The van der Waals surface area contributed by atoms with E-state index in [1.807, 2.05) is 43.1 Å². The molecule has 1 aliphatic rings. The first-order chi connectivity index (χ1) is 11.0. The average molecular weight is 335 g/mol. The third kappa shape index (κ3) is 5.25. The maximum Gasteiger partial charge on any atom is 0.235 e. The predicted molar refractivity (Wildman–Crippen MR) is 94.7 cm³/mol. The molecule has 0 aromatic heterocycles. The van der Waals surface area contributed by atoms with Crippen molar-refractivity contribution in [3.05, 3.63) is 24.3 Å². The van der Waals surface area contributed by atoms with Crippen LogP contribution in [0.25, 0.3) is 0 Å². The quantitative estimate of drug-likeness (QED) is 0.783. The largest absolute Gasteiger partial charge is 0.341 e. The van der Waals surface area contributed by atoms with Gasteiger partial charge in [-0.05, 0) is 57.1 Å². The Morgan fingerprint density at radius 2 is 2.04 bits per heavy atom. The highest BCUT2D eigenvalue weighted by Gasteiger charge is 2.28. The summed E-state index contributed by atoms with van der Waals surface area (Å²) in [5.74, 6) is 0.691. The SMILES string of the molecule is CNCC1CCN(C(=O)C(C)Sc2ccc(NC(C)=O)cc2)C1. The Hall–Kier alpha value is -1.53. The average Bonchev–Trinajstić information content (AvgIpc) is 2.97. The van der Waals surface area contributed by atoms with Crippen LogP contribution in [-0.4, -0.2) is 48.6 Å². The van der Waals surface area contributed by atoms with Crippen LogP contribution in [-0.2, 0) is 9.59 Å². The van der Waals surface area contributed by atoms with Crippen molar-refractivity contribution in [3.8, 4) is 0 Å². The molecule has 0 bridgehead atoms. The molecule has 2 atom stereocenters. The fraction of sp³-hybridized carbons (Fsp3) is 0.529. The second kappa shape index (κ2) is 8.36. The summed E-state index contributed by atoms with van der Waals surface area (Å²) in [4.78, 5) is 26.6. The minimum Gasteiger partial charge on any atom is -0.341 e. The molecule has 2 N–H and O–H groups in total. The number of carbonyl (C=O) groups excluding carboxylic acids is 2. The van der Waals surface area contributed by atoms with Gasteiger partial charge in [-0.25, -0.2) is 0 Å². The number of nitrogens with zero attached hydrogens (tertiary/aromatic N) is 1. The second-order valence-electron chi connectivity index (χ2n) is 5.96. The number of thioether (sulfide) groups is 1. The van der Waals surface area contributed by atoms with Gasteiger partial charge in [-0.2, -0.15) is 0 Å². The number of hydrogen-bond acceptors (Lipinski definition) is 4. The van der Waals surface area contributed by atoms with Gasteiger partial charge in [0.2, 0.25) is 11.8 Å². The van der Waals surface area contributed by atoms with Crippen LogP contribution in [0, 0.1) is 5.92 Å². The van der Waals surface area contributed by atoms with Gasteiger partial charge >= 0.3 is 0 Å². The summed E-state index contributed by atoms with van der Waals surface area (Å²) in [7, 11) is 1.95. The molecule has 2 unspecified atom stereocenters. The third-order valence-electron chi connectivity index (χ3n) is 3.93. The molecule has 6 heteroatoms. The molecule has 1 aromatic carbocycles. The topological polar surface area (TPSA) is 61.4 Å². The van der Waals surface area contributed by atoms with E-state index in [4.69, 9.17) is 0 Å². The Bertz CT molecular complexity index is 547. The molecule has 5 nitrogen and oxygen atoms in total. The molecule has 1 saturated heterocycles. The highest BCUT2D eigenvalue weighted by molar-refractivity contribution is 8.00. The molecular weight excluding hydrogens is 310 g/mol. The van der Waals surface area contributed by atoms with Gasteiger partial charge in [0.05, 0.1) is 5.25 Å². The summed E-state index contributed by atoms with van der Waals surface area (Å²) < 4.78 is 0. The standard InChI is InChI=1S/C17H25N3O2S/c1-12(17(22)20-9-8-14(11-20)10-18-3)23-16-6-4-15(5-7-16)19-13(2)21/h4-7,12,14,18H,8-11H2,1-3H3,(H,19,21). The van der Waals surface area contributed by atoms with Crippen molar-refractivity contribution in [2.75, 3.05) is 32.0 Å². The third-order valence-corrected chi connectivity index (χ3v) is 5.03. The normalized spacial score (nSPS) is 18.7. The minimum atomic E-state index is -0.102. The van der Waals surface area contributed by atoms with Crippen molar-refractivity contribution in [1.29, 1.82) is 0 Å². The summed E-state index contributed by atoms with van der Waals surface area (Å²) in [6.07, 6.45) is 1.08. The van der Waals surface area contributed by atoms with Crippen LogP contribution in [0.4, 0.5) is 5.69 Å². The lowest BCUT2D eigenvalue weighted by molar-refractivity contribution is -0.129. The van der Waals surface area contributed by atoms with Gasteiger partial charge in [0.15, 0.2) is 0 Å². The summed E-state index contributed by atoms with van der Waals surface area (Å²) in [5, 5.41) is 5.82. The smallest absolute Gasteiger partial charge is 0.235 e. The van der Waals surface area contributed by atoms with Crippen molar-refractivity contribution in [2.45, 2.75) is 30.4 Å². The maximum atomic E-state index is 12.5. The first kappa shape index (κ1) is 17.8. The Labute approximate surface area is 142 Å². The number of nitrogens with one attached hydrogen (secondary N) is 2. The Balaban J connectivity index is 1.87. The molecule has 1 heterocycles. The molecular formula is C17H25N3O2S. The Morgan fingerprint density at radius 1 is 1.35 bits per heavy atom. The van der Waals surface area contributed by atoms with E-state index in [9.17, 15) is 9.59 Å². The second-order valence-corrected chi connectivity index (χ2v) is 7.38. The van der Waals surface area contributed by atoms with Crippen molar-refractivity contribution in [3.63, 3.8) is 0 Å². The number of rotatable bonds is 6. The summed E-state index contributed by atoms with van der Waals surface area (Å²) in [6.45, 7) is 6.13. The first-order valence-electron chi connectivity index (χ1n) is 7.97. The van der Waals surface area contributed by atoms with E-state index in [1.54, 1.807) is 11.8 Å². The van der Waals surface area contributed by atoms with E-state index in [1.165, 1.54) is 6.92 Å². The number of carbonyl (C=O) groups is 2. The molecule has 1 aliphatic heterocycles. The van der Waals surface area contributed by atoms with Gasteiger partial charge in [-0.1, -0.05) is 0 Å². The maximum absolute atomic E-state index is 12.5. The molecule has 2 amide bonds. The first-order valence-corrected chi connectivity index (χ1v) is 8.85. The molecule has 1 aromatic rings. The zero-order valence-electron chi connectivity index (χ0n) is 14.0. The van der Waals surface area contributed by atoms with E-state index >= 15 is 0 Å². The number of amides is 2. The van der Waals surface area contributed by atoms with E-state index in [0.29, 0.717) is 5.92 Å². The molecule has 0 saturated carbocycles.